The lowest BCUT2D eigenvalue weighted by molar-refractivity contribution is -0.116. The van der Waals surface area contributed by atoms with Gasteiger partial charge in [0.2, 0.25) is 5.91 Å². The summed E-state index contributed by atoms with van der Waals surface area (Å²) >= 11 is 2.71. The third-order valence-electron chi connectivity index (χ3n) is 3.27. The summed E-state index contributed by atoms with van der Waals surface area (Å²) < 4.78 is 5.57. The number of thiophene rings is 1. The number of carbonyl (C=O) groups is 1. The van der Waals surface area contributed by atoms with Gasteiger partial charge in [0.15, 0.2) is 0 Å². The summed E-state index contributed by atoms with van der Waals surface area (Å²) in [5, 5.41) is 19.1. The van der Waals surface area contributed by atoms with Crippen LogP contribution in [0.4, 0.5) is 5.69 Å². The highest BCUT2D eigenvalue weighted by Crippen LogP contribution is 2.27. The lowest BCUT2D eigenvalue weighted by Crippen LogP contribution is -2.33. The van der Waals surface area contributed by atoms with E-state index in [0.29, 0.717) is 17.7 Å². The summed E-state index contributed by atoms with van der Waals surface area (Å²) in [6, 6.07) is 15.2. The van der Waals surface area contributed by atoms with Crippen LogP contribution in [0.25, 0.3) is 10.8 Å². The van der Waals surface area contributed by atoms with Gasteiger partial charge in [-0.1, -0.05) is 36.0 Å². The molecule has 0 radical (unpaired) electrons. The van der Waals surface area contributed by atoms with Crippen molar-refractivity contribution in [1.29, 1.82) is 5.26 Å². The van der Waals surface area contributed by atoms with Gasteiger partial charge in [0.25, 0.3) is 11.1 Å². The molecule has 0 saturated heterocycles. The fraction of sp³-hybridized carbons (Fsp3) is 0.176. The number of anilines is 1. The summed E-state index contributed by atoms with van der Waals surface area (Å²) in [6.07, 6.45) is 0.272. The summed E-state index contributed by atoms with van der Waals surface area (Å²) in [5.74, 6) is 0.503. The van der Waals surface area contributed by atoms with Crippen molar-refractivity contribution in [1.82, 2.24) is 10.2 Å². The molecular formula is C17H14N4O2S2. The Morgan fingerprint density at radius 2 is 2.08 bits per heavy atom. The van der Waals surface area contributed by atoms with E-state index in [0.717, 1.165) is 10.6 Å². The minimum absolute atomic E-state index is 0.109. The first-order valence-corrected chi connectivity index (χ1v) is 9.37. The molecule has 0 spiro atoms. The van der Waals surface area contributed by atoms with E-state index in [1.165, 1.54) is 23.1 Å². The maximum Gasteiger partial charge on any atom is 0.277 e. The Hall–Kier alpha value is -2.63. The highest BCUT2D eigenvalue weighted by Gasteiger charge is 2.17. The van der Waals surface area contributed by atoms with E-state index >= 15 is 0 Å². The van der Waals surface area contributed by atoms with Crippen LogP contribution in [0.3, 0.4) is 0 Å². The van der Waals surface area contributed by atoms with E-state index in [2.05, 4.69) is 16.3 Å². The number of para-hydroxylation sites is 1. The normalized spacial score (nSPS) is 10.4. The van der Waals surface area contributed by atoms with Gasteiger partial charge in [-0.25, -0.2) is 0 Å². The van der Waals surface area contributed by atoms with E-state index < -0.39 is 0 Å². The van der Waals surface area contributed by atoms with E-state index in [9.17, 15) is 4.79 Å². The monoisotopic (exact) mass is 370 g/mol. The Balaban J connectivity index is 1.64. The molecule has 8 heteroatoms. The minimum Gasteiger partial charge on any atom is -0.410 e. The van der Waals surface area contributed by atoms with Gasteiger partial charge in [0.1, 0.15) is 0 Å². The number of nitrogens with zero attached hydrogens (tertiary/aromatic N) is 4. The fourth-order valence-corrected chi connectivity index (χ4v) is 3.42. The van der Waals surface area contributed by atoms with Crippen molar-refractivity contribution in [3.8, 4) is 16.8 Å². The topological polar surface area (TPSA) is 83.0 Å². The van der Waals surface area contributed by atoms with Gasteiger partial charge in [0, 0.05) is 12.2 Å². The lowest BCUT2D eigenvalue weighted by atomic mass is 10.2. The minimum atomic E-state index is -0.109. The molecule has 25 heavy (non-hydrogen) atoms. The molecule has 0 bridgehead atoms. The van der Waals surface area contributed by atoms with Gasteiger partial charge in [-0.2, -0.15) is 5.26 Å². The summed E-state index contributed by atoms with van der Waals surface area (Å²) in [6.45, 7) is 0.351. The van der Waals surface area contributed by atoms with E-state index in [-0.39, 0.29) is 18.1 Å². The van der Waals surface area contributed by atoms with Crippen molar-refractivity contribution >= 4 is 34.7 Å². The Labute approximate surface area is 153 Å². The highest BCUT2D eigenvalue weighted by molar-refractivity contribution is 7.99. The first-order chi connectivity index (χ1) is 12.3. The molecule has 3 rings (SSSR count). The third kappa shape index (κ3) is 4.47. The first kappa shape index (κ1) is 17.2. The van der Waals surface area contributed by atoms with Crippen LogP contribution in [-0.4, -0.2) is 28.4 Å². The summed E-state index contributed by atoms with van der Waals surface area (Å²) in [4.78, 5) is 15.1. The average Bonchev–Trinajstić information content (AvgIpc) is 3.32. The Morgan fingerprint density at radius 3 is 2.80 bits per heavy atom. The number of rotatable bonds is 7. The molecule has 0 saturated carbocycles. The van der Waals surface area contributed by atoms with Crippen molar-refractivity contribution in [2.24, 2.45) is 0 Å². The van der Waals surface area contributed by atoms with Gasteiger partial charge < -0.3 is 9.32 Å². The molecule has 3 aromatic rings. The standard InChI is InChI=1S/C17H14N4O2S2/c18-9-5-10-21(13-6-2-1-3-7-13)15(22)12-25-17-20-19-16(23-17)14-8-4-11-24-14/h1-4,6-8,11H,5,10,12H2. The Kier molecular flexibility index (Phi) is 5.82. The van der Waals surface area contributed by atoms with E-state index in [1.54, 1.807) is 4.90 Å². The van der Waals surface area contributed by atoms with Crippen molar-refractivity contribution < 1.29 is 9.21 Å². The van der Waals surface area contributed by atoms with Crippen molar-refractivity contribution in [2.45, 2.75) is 11.6 Å². The molecule has 126 valence electrons. The zero-order valence-electron chi connectivity index (χ0n) is 13.2. The highest BCUT2D eigenvalue weighted by atomic mass is 32.2. The van der Waals surface area contributed by atoms with Crippen LogP contribution in [0.5, 0.6) is 0 Å². The van der Waals surface area contributed by atoms with Crippen molar-refractivity contribution in [3.05, 3.63) is 47.8 Å². The second kappa shape index (κ2) is 8.46. The lowest BCUT2D eigenvalue weighted by Gasteiger charge is -2.21. The molecule has 1 amide bonds. The second-order valence-electron chi connectivity index (χ2n) is 4.93. The van der Waals surface area contributed by atoms with Crippen LogP contribution < -0.4 is 4.90 Å². The van der Waals surface area contributed by atoms with Crippen LogP contribution in [-0.2, 0) is 4.79 Å². The molecule has 2 aromatic heterocycles. The summed E-state index contributed by atoms with van der Waals surface area (Å²) in [7, 11) is 0. The number of hydrogen-bond acceptors (Lipinski definition) is 7. The zero-order chi connectivity index (χ0) is 17.5. The molecule has 0 fully saturated rings. The van der Waals surface area contributed by atoms with Crippen LogP contribution in [0.1, 0.15) is 6.42 Å². The molecule has 0 N–H and O–H groups in total. The largest absolute Gasteiger partial charge is 0.410 e. The van der Waals surface area contributed by atoms with E-state index in [4.69, 9.17) is 9.68 Å². The van der Waals surface area contributed by atoms with Gasteiger partial charge in [-0.05, 0) is 23.6 Å². The number of aromatic nitrogens is 2. The van der Waals surface area contributed by atoms with Gasteiger partial charge in [0.05, 0.1) is 23.1 Å². The van der Waals surface area contributed by atoms with Crippen LogP contribution in [0.15, 0.2) is 57.5 Å². The summed E-state index contributed by atoms with van der Waals surface area (Å²) in [5.41, 5.74) is 0.771. The average molecular weight is 370 g/mol. The molecule has 6 nitrogen and oxygen atoms in total. The zero-order valence-corrected chi connectivity index (χ0v) is 14.8. The number of benzene rings is 1. The smallest absolute Gasteiger partial charge is 0.277 e. The fourth-order valence-electron chi connectivity index (χ4n) is 2.14. The van der Waals surface area contributed by atoms with Crippen LogP contribution >= 0.6 is 23.1 Å². The maximum absolute atomic E-state index is 12.6. The number of carbonyl (C=O) groups excluding carboxylic acids is 1. The van der Waals surface area contributed by atoms with Crippen LogP contribution in [0.2, 0.25) is 0 Å². The SMILES string of the molecule is N#CCCN(C(=O)CSc1nnc(-c2cccs2)o1)c1ccccc1. The van der Waals surface area contributed by atoms with Gasteiger partial charge in [-0.3, -0.25) is 4.79 Å². The van der Waals surface area contributed by atoms with Gasteiger partial charge in [-0.15, -0.1) is 21.5 Å². The Morgan fingerprint density at radius 1 is 1.24 bits per heavy atom. The number of hydrogen-bond donors (Lipinski definition) is 0. The van der Waals surface area contributed by atoms with E-state index in [1.807, 2.05) is 47.8 Å². The molecule has 0 aliphatic carbocycles. The maximum atomic E-state index is 12.6. The molecule has 0 aliphatic heterocycles. The van der Waals surface area contributed by atoms with Crippen molar-refractivity contribution in [3.63, 3.8) is 0 Å². The first-order valence-electron chi connectivity index (χ1n) is 7.50. The molecule has 0 aliphatic rings. The second-order valence-corrected chi connectivity index (χ2v) is 6.80. The molecule has 1 aromatic carbocycles. The Bertz CT molecular complexity index is 856. The number of amides is 1. The van der Waals surface area contributed by atoms with Gasteiger partial charge >= 0.3 is 0 Å². The number of nitriles is 1. The predicted molar refractivity (Wildman–Crippen MR) is 97.4 cm³/mol. The predicted octanol–water partition coefficient (Wildman–Crippen LogP) is 3.84. The molecule has 0 unspecified atom stereocenters. The molecular weight excluding hydrogens is 356 g/mol. The molecule has 2 heterocycles. The third-order valence-corrected chi connectivity index (χ3v) is 4.93. The number of thioether (sulfide) groups is 1. The van der Waals surface area contributed by atoms with Crippen LogP contribution in [0, 0.1) is 11.3 Å². The van der Waals surface area contributed by atoms with Crippen molar-refractivity contribution in [2.75, 3.05) is 17.2 Å². The quantitative estimate of drug-likeness (QED) is 0.588. The molecule has 0 atom stereocenters.